The molecule has 154 valence electrons. The number of hydrogen-bond acceptors (Lipinski definition) is 3. The average molecular weight is 411 g/mol. The molecule has 2 aromatic heterocycles. The van der Waals surface area contributed by atoms with E-state index in [1.165, 1.54) is 21.6 Å². The van der Waals surface area contributed by atoms with Crippen LogP contribution in [0, 0.1) is 5.92 Å². The van der Waals surface area contributed by atoms with Crippen molar-refractivity contribution in [3.05, 3.63) is 62.0 Å². The Labute approximate surface area is 176 Å². The SMILES string of the molecule is CC[C@@H](C)c1ccc([C@@H]([NH2+]Cc2nc3sc4c(c3c(=O)[nH]2)CCC4)C(C)C)cc1. The molecule has 0 spiro atoms. The standard InChI is InChI=1S/C24H31N3OS/c1-5-15(4)16-9-11-17(12-10-16)22(14(2)3)25-13-20-26-23(28)21-18-7-6-8-19(18)29-24(21)27-20/h9-12,14-15,22,25H,5-8,13H2,1-4H3,(H,26,27,28)/p+1/t15-,22+/m1/s1. The van der Waals surface area contributed by atoms with E-state index in [9.17, 15) is 4.79 Å². The summed E-state index contributed by atoms with van der Waals surface area (Å²) >= 11 is 1.71. The Morgan fingerprint density at radius 1 is 1.14 bits per heavy atom. The maximum atomic E-state index is 12.7. The van der Waals surface area contributed by atoms with Gasteiger partial charge < -0.3 is 10.3 Å². The zero-order chi connectivity index (χ0) is 20.5. The van der Waals surface area contributed by atoms with Crippen molar-refractivity contribution in [2.24, 2.45) is 5.92 Å². The summed E-state index contributed by atoms with van der Waals surface area (Å²) in [5.41, 5.74) is 4.03. The molecular formula is C24H32N3OS+. The van der Waals surface area contributed by atoms with Crippen LogP contribution >= 0.6 is 11.3 Å². The highest BCUT2D eigenvalue weighted by Gasteiger charge is 2.23. The first-order chi connectivity index (χ1) is 14.0. The number of aryl methyl sites for hydroxylation is 2. The summed E-state index contributed by atoms with van der Waals surface area (Å²) < 4.78 is 0. The smallest absolute Gasteiger partial charge is 0.260 e. The molecule has 1 aromatic carbocycles. The molecule has 29 heavy (non-hydrogen) atoms. The van der Waals surface area contributed by atoms with Gasteiger partial charge in [-0.3, -0.25) is 4.79 Å². The van der Waals surface area contributed by atoms with Gasteiger partial charge in [0.2, 0.25) is 0 Å². The van der Waals surface area contributed by atoms with Crippen molar-refractivity contribution in [3.63, 3.8) is 0 Å². The lowest BCUT2D eigenvalue weighted by Gasteiger charge is -2.20. The minimum absolute atomic E-state index is 0.0387. The van der Waals surface area contributed by atoms with Gasteiger partial charge in [-0.15, -0.1) is 11.3 Å². The van der Waals surface area contributed by atoms with Gasteiger partial charge in [-0.2, -0.15) is 0 Å². The molecule has 0 radical (unpaired) electrons. The molecule has 1 aliphatic rings. The fraction of sp³-hybridized carbons (Fsp3) is 0.500. The third-order valence-electron chi connectivity index (χ3n) is 6.41. The first-order valence-corrected chi connectivity index (χ1v) is 11.8. The minimum atomic E-state index is 0.0387. The molecule has 5 heteroatoms. The minimum Gasteiger partial charge on any atom is -0.334 e. The van der Waals surface area contributed by atoms with Crippen LogP contribution in [0.2, 0.25) is 0 Å². The average Bonchev–Trinajstić information content (AvgIpc) is 3.28. The largest absolute Gasteiger partial charge is 0.334 e. The number of nitrogens with two attached hydrogens (primary N) is 1. The Kier molecular flexibility index (Phi) is 5.88. The van der Waals surface area contributed by atoms with Crippen molar-refractivity contribution in [3.8, 4) is 0 Å². The van der Waals surface area contributed by atoms with Crippen LogP contribution in [0.4, 0.5) is 0 Å². The van der Waals surface area contributed by atoms with Crippen molar-refractivity contribution < 1.29 is 5.32 Å². The van der Waals surface area contributed by atoms with Crippen molar-refractivity contribution in [1.29, 1.82) is 0 Å². The Morgan fingerprint density at radius 3 is 2.55 bits per heavy atom. The number of hydrogen-bond donors (Lipinski definition) is 2. The zero-order valence-electron chi connectivity index (χ0n) is 17.9. The van der Waals surface area contributed by atoms with Gasteiger partial charge in [0.1, 0.15) is 17.4 Å². The van der Waals surface area contributed by atoms with Gasteiger partial charge in [-0.25, -0.2) is 4.98 Å². The topological polar surface area (TPSA) is 62.4 Å². The molecule has 2 atom stereocenters. The van der Waals surface area contributed by atoms with E-state index in [0.717, 1.165) is 41.7 Å². The number of thiophene rings is 1. The molecule has 0 saturated heterocycles. The first kappa shape index (κ1) is 20.3. The molecule has 2 heterocycles. The predicted molar refractivity (Wildman–Crippen MR) is 121 cm³/mol. The normalized spacial score (nSPS) is 15.8. The molecule has 4 nitrogen and oxygen atoms in total. The monoisotopic (exact) mass is 410 g/mol. The second-order valence-corrected chi connectivity index (χ2v) is 9.82. The maximum absolute atomic E-state index is 12.7. The van der Waals surface area contributed by atoms with Gasteiger partial charge in [0.05, 0.1) is 5.39 Å². The van der Waals surface area contributed by atoms with Crippen LogP contribution in [-0.2, 0) is 19.4 Å². The highest BCUT2D eigenvalue weighted by molar-refractivity contribution is 7.18. The van der Waals surface area contributed by atoms with E-state index < -0.39 is 0 Å². The number of benzene rings is 1. The van der Waals surface area contributed by atoms with Gasteiger partial charge >= 0.3 is 0 Å². The highest BCUT2D eigenvalue weighted by atomic mass is 32.1. The molecule has 0 bridgehead atoms. The van der Waals surface area contributed by atoms with E-state index in [4.69, 9.17) is 4.98 Å². The van der Waals surface area contributed by atoms with Crippen molar-refractivity contribution >= 4 is 21.6 Å². The number of nitrogens with zero attached hydrogens (tertiary/aromatic N) is 1. The molecule has 0 aliphatic heterocycles. The lowest BCUT2D eigenvalue weighted by molar-refractivity contribution is -0.718. The van der Waals surface area contributed by atoms with Gasteiger partial charge in [0.25, 0.3) is 5.56 Å². The lowest BCUT2D eigenvalue weighted by Crippen LogP contribution is -2.85. The van der Waals surface area contributed by atoms with Gasteiger partial charge in [0.15, 0.2) is 5.82 Å². The van der Waals surface area contributed by atoms with Crippen LogP contribution in [-0.4, -0.2) is 9.97 Å². The summed E-state index contributed by atoms with van der Waals surface area (Å²) in [7, 11) is 0. The molecule has 0 saturated carbocycles. The highest BCUT2D eigenvalue weighted by Crippen LogP contribution is 2.34. The van der Waals surface area contributed by atoms with E-state index in [1.54, 1.807) is 11.3 Å². The van der Waals surface area contributed by atoms with Crippen molar-refractivity contribution in [2.45, 2.75) is 71.9 Å². The maximum Gasteiger partial charge on any atom is 0.260 e. The second-order valence-electron chi connectivity index (χ2n) is 8.74. The molecule has 0 unspecified atom stereocenters. The summed E-state index contributed by atoms with van der Waals surface area (Å²) in [5.74, 6) is 1.87. The second kappa shape index (κ2) is 8.41. The molecule has 3 N–H and O–H groups in total. The number of rotatable bonds is 7. The molecule has 1 aliphatic carbocycles. The first-order valence-electron chi connectivity index (χ1n) is 10.9. The van der Waals surface area contributed by atoms with Crippen molar-refractivity contribution in [1.82, 2.24) is 9.97 Å². The number of nitrogens with one attached hydrogen (secondary N) is 1. The van der Waals surface area contributed by atoms with Crippen molar-refractivity contribution in [2.75, 3.05) is 0 Å². The van der Waals surface area contributed by atoms with Crippen LogP contribution in [0.3, 0.4) is 0 Å². The number of H-pyrrole nitrogens is 1. The fourth-order valence-corrected chi connectivity index (χ4v) is 5.74. The summed E-state index contributed by atoms with van der Waals surface area (Å²) in [4.78, 5) is 22.8. The molecule has 4 rings (SSSR count). The van der Waals surface area contributed by atoms with Gasteiger partial charge in [-0.1, -0.05) is 52.0 Å². The Bertz CT molecular complexity index is 1050. The lowest BCUT2D eigenvalue weighted by atomic mass is 9.92. The predicted octanol–water partition coefficient (Wildman–Crippen LogP) is 4.45. The van der Waals surface area contributed by atoms with Crippen LogP contribution in [0.5, 0.6) is 0 Å². The third-order valence-corrected chi connectivity index (χ3v) is 7.60. The van der Waals surface area contributed by atoms with Crippen LogP contribution < -0.4 is 10.9 Å². The Hall–Kier alpha value is -1.98. The summed E-state index contributed by atoms with van der Waals surface area (Å²) in [5, 5.41) is 3.15. The number of quaternary nitrogens is 1. The van der Waals surface area contributed by atoms with Crippen LogP contribution in [0.15, 0.2) is 29.1 Å². The fourth-order valence-electron chi connectivity index (χ4n) is 4.46. The van der Waals surface area contributed by atoms with E-state index in [-0.39, 0.29) is 5.56 Å². The molecular weight excluding hydrogens is 378 g/mol. The zero-order valence-corrected chi connectivity index (χ0v) is 18.7. The molecule has 0 fully saturated rings. The molecule has 3 aromatic rings. The molecule has 0 amide bonds. The van der Waals surface area contributed by atoms with Crippen LogP contribution in [0.1, 0.15) is 79.9 Å². The van der Waals surface area contributed by atoms with Gasteiger partial charge in [-0.05, 0) is 42.7 Å². The number of aromatic amines is 1. The number of fused-ring (bicyclic) bond motifs is 3. The number of aromatic nitrogens is 2. The van der Waals surface area contributed by atoms with Crippen LogP contribution in [0.25, 0.3) is 10.2 Å². The third kappa shape index (κ3) is 4.03. The van der Waals surface area contributed by atoms with E-state index in [1.807, 2.05) is 0 Å². The summed E-state index contributed by atoms with van der Waals surface area (Å²) in [6, 6.07) is 9.42. The van der Waals surface area contributed by atoms with Gasteiger partial charge in [0, 0.05) is 16.4 Å². The quantitative estimate of drug-likeness (QED) is 0.604. The summed E-state index contributed by atoms with van der Waals surface area (Å²) in [6.07, 6.45) is 4.44. The Balaban J connectivity index is 1.53. The van der Waals surface area contributed by atoms with E-state index in [0.29, 0.717) is 24.4 Å². The van der Waals surface area contributed by atoms with E-state index >= 15 is 0 Å². The van der Waals surface area contributed by atoms with E-state index in [2.05, 4.69) is 62.3 Å². The Morgan fingerprint density at radius 2 is 1.86 bits per heavy atom. The summed E-state index contributed by atoms with van der Waals surface area (Å²) in [6.45, 7) is 9.71.